The summed E-state index contributed by atoms with van der Waals surface area (Å²) in [5.74, 6) is 0.830. The number of unbranched alkanes of at least 4 members (excludes halogenated alkanes) is 2. The number of piperidine rings is 1. The minimum atomic E-state index is -3.77. The van der Waals surface area contributed by atoms with Gasteiger partial charge < -0.3 is 19.7 Å². The highest BCUT2D eigenvalue weighted by Crippen LogP contribution is 2.31. The Hall–Kier alpha value is -2.33. The zero-order chi connectivity index (χ0) is 23.7. The number of carbonyl (C=O) groups excluding carboxylic acids is 2. The quantitative estimate of drug-likeness (QED) is 0.495. The van der Waals surface area contributed by atoms with Crippen molar-refractivity contribution in [3.05, 3.63) is 18.2 Å². The van der Waals surface area contributed by atoms with Gasteiger partial charge in [0.1, 0.15) is 0 Å². The van der Waals surface area contributed by atoms with Gasteiger partial charge in [-0.3, -0.25) is 9.59 Å². The number of sulfonamides is 1. The molecule has 0 atom stereocenters. The number of fused-ring (bicyclic) bond motifs is 1. The predicted octanol–water partition coefficient (Wildman–Crippen LogP) is 2.06. The van der Waals surface area contributed by atoms with Crippen molar-refractivity contribution >= 4 is 21.8 Å². The maximum atomic E-state index is 12.6. The fourth-order valence-corrected chi connectivity index (χ4v) is 5.01. The van der Waals surface area contributed by atoms with Crippen LogP contribution in [-0.2, 0) is 19.6 Å². The third-order valence-corrected chi connectivity index (χ3v) is 7.42. The zero-order valence-electron chi connectivity index (χ0n) is 19.3. The van der Waals surface area contributed by atoms with E-state index in [2.05, 4.69) is 17.0 Å². The van der Waals surface area contributed by atoms with Gasteiger partial charge in [0.2, 0.25) is 21.8 Å². The first kappa shape index (κ1) is 25.3. The van der Waals surface area contributed by atoms with Crippen molar-refractivity contribution in [1.29, 1.82) is 0 Å². The molecule has 2 aliphatic rings. The first-order valence-electron chi connectivity index (χ1n) is 11.9. The molecule has 0 aliphatic carbocycles. The van der Waals surface area contributed by atoms with E-state index >= 15 is 0 Å². The van der Waals surface area contributed by atoms with Gasteiger partial charge in [-0.1, -0.05) is 19.8 Å². The Labute approximate surface area is 196 Å². The highest BCUT2D eigenvalue weighted by Gasteiger charge is 2.27. The summed E-state index contributed by atoms with van der Waals surface area (Å²) in [6, 6.07) is 4.50. The number of hydrogen-bond donors (Lipinski definition) is 2. The van der Waals surface area contributed by atoms with Crippen molar-refractivity contribution in [2.75, 3.05) is 39.4 Å². The van der Waals surface area contributed by atoms with E-state index in [1.54, 1.807) is 11.0 Å². The molecule has 184 valence electrons. The summed E-state index contributed by atoms with van der Waals surface area (Å²) >= 11 is 0. The van der Waals surface area contributed by atoms with Crippen molar-refractivity contribution in [2.45, 2.75) is 56.8 Å². The molecule has 3 rings (SSSR count). The fourth-order valence-electron chi connectivity index (χ4n) is 3.97. The molecule has 1 aromatic rings. The molecule has 2 amide bonds. The van der Waals surface area contributed by atoms with Crippen LogP contribution in [0.5, 0.6) is 11.5 Å². The standard InChI is InChI=1S/C23H35N3O6S/c1-2-3-4-11-24-23(28)18-9-13-26(14-10-18)22(27)8-12-25-33(29,30)19-6-7-20-21(17-19)32-16-5-15-31-20/h6-7,17-18,25H,2-5,8-16H2,1H3,(H,24,28). The number of hydrogen-bond acceptors (Lipinski definition) is 6. The normalized spacial score (nSPS) is 16.8. The van der Waals surface area contributed by atoms with Gasteiger partial charge in [0.05, 0.1) is 18.1 Å². The summed E-state index contributed by atoms with van der Waals surface area (Å²) in [5.41, 5.74) is 0. The second-order valence-electron chi connectivity index (χ2n) is 8.46. The second-order valence-corrected chi connectivity index (χ2v) is 10.2. The Balaban J connectivity index is 1.41. The summed E-state index contributed by atoms with van der Waals surface area (Å²) in [5, 5.41) is 2.98. The number of carbonyl (C=O) groups is 2. The van der Waals surface area contributed by atoms with Crippen molar-refractivity contribution < 1.29 is 27.5 Å². The van der Waals surface area contributed by atoms with E-state index in [9.17, 15) is 18.0 Å². The van der Waals surface area contributed by atoms with Crippen LogP contribution in [0, 0.1) is 5.92 Å². The van der Waals surface area contributed by atoms with Crippen molar-refractivity contribution in [1.82, 2.24) is 14.9 Å². The molecule has 2 heterocycles. The first-order chi connectivity index (χ1) is 15.9. The van der Waals surface area contributed by atoms with Crippen molar-refractivity contribution in [2.24, 2.45) is 5.92 Å². The minimum Gasteiger partial charge on any atom is -0.490 e. The number of amides is 2. The molecule has 33 heavy (non-hydrogen) atoms. The van der Waals surface area contributed by atoms with Crippen LogP contribution in [0.1, 0.15) is 51.9 Å². The van der Waals surface area contributed by atoms with Crippen LogP contribution in [0.15, 0.2) is 23.1 Å². The van der Waals surface area contributed by atoms with Crippen molar-refractivity contribution in [3.8, 4) is 11.5 Å². The summed E-state index contributed by atoms with van der Waals surface area (Å²) in [7, 11) is -3.77. The van der Waals surface area contributed by atoms with Gasteiger partial charge in [-0.2, -0.15) is 0 Å². The molecule has 0 spiro atoms. The van der Waals surface area contributed by atoms with Crippen LogP contribution >= 0.6 is 0 Å². The molecule has 0 bridgehead atoms. The lowest BCUT2D eigenvalue weighted by Crippen LogP contribution is -2.44. The molecule has 0 aromatic heterocycles. The molecule has 2 aliphatic heterocycles. The molecule has 1 fully saturated rings. The summed E-state index contributed by atoms with van der Waals surface area (Å²) in [4.78, 5) is 26.6. The lowest BCUT2D eigenvalue weighted by Gasteiger charge is -2.31. The minimum absolute atomic E-state index is 0.00739. The molecule has 1 aromatic carbocycles. The van der Waals surface area contributed by atoms with E-state index in [1.807, 2.05) is 0 Å². The number of nitrogens with zero attached hydrogens (tertiary/aromatic N) is 1. The van der Waals surface area contributed by atoms with E-state index in [-0.39, 0.29) is 35.6 Å². The molecular formula is C23H35N3O6S. The van der Waals surface area contributed by atoms with E-state index in [1.165, 1.54) is 12.1 Å². The maximum Gasteiger partial charge on any atom is 0.240 e. The molecule has 9 nitrogen and oxygen atoms in total. The Morgan fingerprint density at radius 1 is 1.06 bits per heavy atom. The predicted molar refractivity (Wildman–Crippen MR) is 124 cm³/mol. The van der Waals surface area contributed by atoms with Crippen molar-refractivity contribution in [3.63, 3.8) is 0 Å². The third-order valence-electron chi connectivity index (χ3n) is 5.96. The molecule has 1 saturated heterocycles. The third kappa shape index (κ3) is 7.33. The van der Waals surface area contributed by atoms with Crippen LogP contribution in [-0.4, -0.2) is 64.5 Å². The summed E-state index contributed by atoms with van der Waals surface area (Å²) < 4.78 is 38.8. The Morgan fingerprint density at radius 3 is 2.52 bits per heavy atom. The fraction of sp³-hybridized carbons (Fsp3) is 0.652. The lowest BCUT2D eigenvalue weighted by atomic mass is 9.95. The molecule has 2 N–H and O–H groups in total. The highest BCUT2D eigenvalue weighted by atomic mass is 32.2. The number of ether oxygens (including phenoxy) is 2. The van der Waals surface area contributed by atoms with Gasteiger partial charge in [-0.25, -0.2) is 13.1 Å². The van der Waals surface area contributed by atoms with Crippen LogP contribution in [0.4, 0.5) is 0 Å². The van der Waals surface area contributed by atoms with Gasteiger partial charge in [-0.05, 0) is 31.4 Å². The topological polar surface area (TPSA) is 114 Å². The van der Waals surface area contributed by atoms with Gasteiger partial charge >= 0.3 is 0 Å². The maximum absolute atomic E-state index is 12.6. The zero-order valence-corrected chi connectivity index (χ0v) is 20.1. The van der Waals surface area contributed by atoms with Crippen LogP contribution in [0.25, 0.3) is 0 Å². The van der Waals surface area contributed by atoms with Gasteiger partial charge in [0.15, 0.2) is 11.5 Å². The largest absolute Gasteiger partial charge is 0.490 e. The molecule has 0 unspecified atom stereocenters. The summed E-state index contributed by atoms with van der Waals surface area (Å²) in [6.07, 6.45) is 5.27. The number of likely N-dealkylation sites (tertiary alicyclic amines) is 1. The first-order valence-corrected chi connectivity index (χ1v) is 13.3. The molecular weight excluding hydrogens is 446 g/mol. The SMILES string of the molecule is CCCCCNC(=O)C1CCN(C(=O)CCNS(=O)(=O)c2ccc3c(c2)OCCCO3)CC1. The van der Waals surface area contributed by atoms with E-state index in [0.717, 1.165) is 25.7 Å². The van der Waals surface area contributed by atoms with Crippen LogP contribution in [0.3, 0.4) is 0 Å². The molecule has 0 radical (unpaired) electrons. The van der Waals surface area contributed by atoms with Gasteiger partial charge in [0, 0.05) is 51.0 Å². The summed E-state index contributed by atoms with van der Waals surface area (Å²) in [6.45, 7) is 4.86. The highest BCUT2D eigenvalue weighted by molar-refractivity contribution is 7.89. The average Bonchev–Trinajstić information content (AvgIpc) is 3.06. The van der Waals surface area contributed by atoms with Crippen LogP contribution in [0.2, 0.25) is 0 Å². The lowest BCUT2D eigenvalue weighted by molar-refractivity contribution is -0.135. The Morgan fingerprint density at radius 2 is 1.79 bits per heavy atom. The molecule has 10 heteroatoms. The Kier molecular flexibility index (Phi) is 9.37. The van der Waals surface area contributed by atoms with Gasteiger partial charge in [-0.15, -0.1) is 0 Å². The van der Waals surface area contributed by atoms with E-state index in [4.69, 9.17) is 9.47 Å². The van der Waals surface area contributed by atoms with Crippen LogP contribution < -0.4 is 19.5 Å². The second kappa shape index (κ2) is 12.2. The number of rotatable bonds is 10. The average molecular weight is 482 g/mol. The number of nitrogens with one attached hydrogen (secondary N) is 2. The van der Waals surface area contributed by atoms with E-state index < -0.39 is 10.0 Å². The number of benzene rings is 1. The smallest absolute Gasteiger partial charge is 0.240 e. The monoisotopic (exact) mass is 481 g/mol. The van der Waals surface area contributed by atoms with Gasteiger partial charge in [0.25, 0.3) is 0 Å². The van der Waals surface area contributed by atoms with E-state index in [0.29, 0.717) is 57.2 Å². The molecule has 0 saturated carbocycles. The Bertz CT molecular complexity index is 913.